The molecular weight excluding hydrogens is 277 g/mol. The Morgan fingerprint density at radius 1 is 1.15 bits per heavy atom. The van der Waals surface area contributed by atoms with Crippen LogP contribution in [0.4, 0.5) is 4.39 Å². The van der Waals surface area contributed by atoms with Crippen molar-refractivity contribution in [3.05, 3.63) is 52.8 Å². The van der Waals surface area contributed by atoms with Crippen LogP contribution in [0.2, 0.25) is 5.02 Å². The summed E-state index contributed by atoms with van der Waals surface area (Å²) >= 11 is 5.77. The van der Waals surface area contributed by atoms with Crippen molar-refractivity contribution >= 4 is 11.6 Å². The largest absolute Gasteiger partial charge is 0.490 e. The van der Waals surface area contributed by atoms with Crippen LogP contribution in [-0.2, 0) is 0 Å². The van der Waals surface area contributed by atoms with Crippen LogP contribution in [0.5, 0.6) is 5.75 Å². The van der Waals surface area contributed by atoms with Gasteiger partial charge in [-0.15, -0.1) is 0 Å². The number of nitrogens with zero attached hydrogens (tertiary/aromatic N) is 1. The average Bonchev–Trinajstić information content (AvgIpc) is 2.42. The Morgan fingerprint density at radius 3 is 2.40 bits per heavy atom. The van der Waals surface area contributed by atoms with Crippen LogP contribution in [0.15, 0.2) is 36.4 Å². The van der Waals surface area contributed by atoms with Crippen molar-refractivity contribution < 1.29 is 9.13 Å². The molecule has 0 radical (unpaired) electrons. The van der Waals surface area contributed by atoms with Gasteiger partial charge in [0.25, 0.3) is 0 Å². The Kier molecular flexibility index (Phi) is 4.26. The van der Waals surface area contributed by atoms with E-state index in [9.17, 15) is 9.65 Å². The van der Waals surface area contributed by atoms with E-state index in [1.807, 2.05) is 19.9 Å². The molecule has 2 aromatic rings. The van der Waals surface area contributed by atoms with Gasteiger partial charge in [-0.25, -0.2) is 4.39 Å². The molecule has 0 aliphatic heterocycles. The van der Waals surface area contributed by atoms with Gasteiger partial charge in [0.15, 0.2) is 0 Å². The Bertz CT molecular complexity index is 677. The van der Waals surface area contributed by atoms with E-state index in [0.717, 1.165) is 11.1 Å². The summed E-state index contributed by atoms with van der Waals surface area (Å²) in [6, 6.07) is 11.8. The van der Waals surface area contributed by atoms with E-state index >= 15 is 0 Å². The molecule has 4 heteroatoms. The number of hydrogen-bond acceptors (Lipinski definition) is 2. The Balaban J connectivity index is 2.43. The second-order valence-corrected chi connectivity index (χ2v) is 5.03. The first-order valence-corrected chi connectivity index (χ1v) is 6.55. The highest BCUT2D eigenvalue weighted by Gasteiger charge is 2.09. The maximum Gasteiger partial charge on any atom is 0.141 e. The lowest BCUT2D eigenvalue weighted by Crippen LogP contribution is -2.06. The predicted molar refractivity (Wildman–Crippen MR) is 77.3 cm³/mol. The first-order valence-electron chi connectivity index (χ1n) is 6.17. The number of rotatable bonds is 3. The first-order chi connectivity index (χ1) is 9.51. The zero-order valence-electron chi connectivity index (χ0n) is 11.2. The zero-order chi connectivity index (χ0) is 14.7. The number of hydrogen-bond donors (Lipinski definition) is 0. The molecular formula is C16H13ClFNO. The maximum absolute atomic E-state index is 13.2. The molecule has 0 bridgehead atoms. The molecule has 20 heavy (non-hydrogen) atoms. The van der Waals surface area contributed by atoms with Crippen molar-refractivity contribution in [1.29, 1.82) is 5.26 Å². The molecule has 0 spiro atoms. The van der Waals surface area contributed by atoms with E-state index in [2.05, 4.69) is 6.07 Å². The summed E-state index contributed by atoms with van der Waals surface area (Å²) in [7, 11) is 0. The highest BCUT2D eigenvalue weighted by Crippen LogP contribution is 2.29. The predicted octanol–water partition coefficient (Wildman–Crippen LogP) is 4.80. The lowest BCUT2D eigenvalue weighted by molar-refractivity contribution is 0.242. The van der Waals surface area contributed by atoms with Crippen LogP contribution >= 0.6 is 11.6 Å². The molecule has 0 aliphatic carbocycles. The van der Waals surface area contributed by atoms with Gasteiger partial charge in [-0.3, -0.25) is 0 Å². The third-order valence-electron chi connectivity index (χ3n) is 2.72. The highest BCUT2D eigenvalue weighted by atomic mass is 35.5. The minimum atomic E-state index is -0.462. The van der Waals surface area contributed by atoms with E-state index < -0.39 is 5.82 Å². The van der Waals surface area contributed by atoms with Gasteiger partial charge in [0.2, 0.25) is 0 Å². The maximum atomic E-state index is 13.2. The molecule has 2 nitrogen and oxygen atoms in total. The van der Waals surface area contributed by atoms with Crippen LogP contribution in [0, 0.1) is 17.1 Å². The topological polar surface area (TPSA) is 33.0 Å². The van der Waals surface area contributed by atoms with Gasteiger partial charge in [-0.1, -0.05) is 23.7 Å². The van der Waals surface area contributed by atoms with Gasteiger partial charge in [0.05, 0.1) is 16.7 Å². The molecule has 0 saturated carbocycles. The minimum Gasteiger partial charge on any atom is -0.490 e. The van der Waals surface area contributed by atoms with Gasteiger partial charge in [0.1, 0.15) is 17.6 Å². The smallest absolute Gasteiger partial charge is 0.141 e. The Morgan fingerprint density at radius 2 is 1.80 bits per heavy atom. The molecule has 0 aliphatic rings. The molecule has 0 unspecified atom stereocenters. The third-order valence-corrected chi connectivity index (χ3v) is 3.01. The van der Waals surface area contributed by atoms with Crippen LogP contribution in [0.3, 0.4) is 0 Å². The van der Waals surface area contributed by atoms with Crippen LogP contribution < -0.4 is 4.74 Å². The standard InChI is InChI=1S/C16H13ClFNO/c1-10(2)20-16-6-4-11(7-13(16)9-19)12-3-5-15(18)14(17)8-12/h3-8,10H,1-2H3. The van der Waals surface area contributed by atoms with E-state index in [4.69, 9.17) is 16.3 Å². The van der Waals surface area contributed by atoms with Crippen LogP contribution in [0.1, 0.15) is 19.4 Å². The van der Waals surface area contributed by atoms with Gasteiger partial charge in [0, 0.05) is 0 Å². The molecule has 0 heterocycles. The molecule has 0 atom stereocenters. The highest BCUT2D eigenvalue weighted by molar-refractivity contribution is 6.31. The molecule has 102 valence electrons. The zero-order valence-corrected chi connectivity index (χ0v) is 11.9. The van der Waals surface area contributed by atoms with Crippen LogP contribution in [-0.4, -0.2) is 6.10 Å². The SMILES string of the molecule is CC(C)Oc1ccc(-c2ccc(F)c(Cl)c2)cc1C#N. The van der Waals surface area contributed by atoms with Crippen molar-refractivity contribution in [3.8, 4) is 22.9 Å². The molecule has 2 aromatic carbocycles. The molecule has 0 saturated heterocycles. The first kappa shape index (κ1) is 14.4. The lowest BCUT2D eigenvalue weighted by atomic mass is 10.0. The molecule has 2 rings (SSSR count). The average molecular weight is 290 g/mol. The van der Waals surface area contributed by atoms with E-state index in [0.29, 0.717) is 11.3 Å². The summed E-state index contributed by atoms with van der Waals surface area (Å²) in [4.78, 5) is 0. The summed E-state index contributed by atoms with van der Waals surface area (Å²) in [5.41, 5.74) is 1.99. The van der Waals surface area contributed by atoms with E-state index in [1.165, 1.54) is 12.1 Å². The fourth-order valence-corrected chi connectivity index (χ4v) is 2.01. The van der Waals surface area contributed by atoms with Gasteiger partial charge in [-0.2, -0.15) is 5.26 Å². The fourth-order valence-electron chi connectivity index (χ4n) is 1.83. The van der Waals surface area contributed by atoms with E-state index in [1.54, 1.807) is 18.2 Å². The molecule has 0 amide bonds. The summed E-state index contributed by atoms with van der Waals surface area (Å²) in [5, 5.41) is 9.24. The van der Waals surface area contributed by atoms with Crippen LogP contribution in [0.25, 0.3) is 11.1 Å². The van der Waals surface area contributed by atoms with Gasteiger partial charge in [-0.05, 0) is 49.2 Å². The second-order valence-electron chi connectivity index (χ2n) is 4.62. The summed E-state index contributed by atoms with van der Waals surface area (Å²) < 4.78 is 18.7. The lowest BCUT2D eigenvalue weighted by Gasteiger charge is -2.12. The minimum absolute atomic E-state index is 0.00628. The quantitative estimate of drug-likeness (QED) is 0.812. The second kappa shape index (κ2) is 5.94. The van der Waals surface area contributed by atoms with Crippen molar-refractivity contribution in [2.45, 2.75) is 20.0 Å². The Labute approximate surface area is 122 Å². The van der Waals surface area contributed by atoms with Crippen molar-refractivity contribution in [2.75, 3.05) is 0 Å². The summed E-state index contributed by atoms with van der Waals surface area (Å²) in [6.45, 7) is 3.80. The summed E-state index contributed by atoms with van der Waals surface area (Å²) in [5.74, 6) is 0.0788. The third kappa shape index (κ3) is 3.09. The summed E-state index contributed by atoms with van der Waals surface area (Å²) in [6.07, 6.45) is -0.00628. The normalized spacial score (nSPS) is 10.4. The van der Waals surface area contributed by atoms with Gasteiger partial charge >= 0.3 is 0 Å². The van der Waals surface area contributed by atoms with Crippen molar-refractivity contribution in [1.82, 2.24) is 0 Å². The van der Waals surface area contributed by atoms with Gasteiger partial charge < -0.3 is 4.74 Å². The molecule has 0 aromatic heterocycles. The fraction of sp³-hybridized carbons (Fsp3) is 0.188. The molecule has 0 fully saturated rings. The van der Waals surface area contributed by atoms with Crippen molar-refractivity contribution in [3.63, 3.8) is 0 Å². The van der Waals surface area contributed by atoms with Crippen molar-refractivity contribution in [2.24, 2.45) is 0 Å². The number of nitriles is 1. The monoisotopic (exact) mass is 289 g/mol. The number of halogens is 2. The number of benzene rings is 2. The Hall–Kier alpha value is -2.05. The number of ether oxygens (including phenoxy) is 1. The van der Waals surface area contributed by atoms with E-state index in [-0.39, 0.29) is 11.1 Å². The molecule has 0 N–H and O–H groups in total.